The fourth-order valence-corrected chi connectivity index (χ4v) is 4.31. The van der Waals surface area contributed by atoms with Gasteiger partial charge in [0.05, 0.1) is 11.6 Å². The first-order valence-corrected chi connectivity index (χ1v) is 11.6. The summed E-state index contributed by atoms with van der Waals surface area (Å²) >= 11 is 3.37. The third-order valence-electron chi connectivity index (χ3n) is 5.71. The minimum atomic E-state index is -0.831. The van der Waals surface area contributed by atoms with E-state index in [9.17, 15) is 19.5 Å². The molecule has 1 saturated heterocycles. The molecule has 3 aromatic rings. The highest BCUT2D eigenvalue weighted by molar-refractivity contribution is 9.10. The van der Waals surface area contributed by atoms with Gasteiger partial charge in [-0.1, -0.05) is 65.3 Å². The zero-order chi connectivity index (χ0) is 24.4. The number of carbonyl (C=O) groups is 3. The number of benzene rings is 3. The molecule has 172 valence electrons. The average Bonchev–Trinajstić information content (AvgIpc) is 3.09. The average molecular weight is 519 g/mol. The molecule has 1 unspecified atom stereocenters. The van der Waals surface area contributed by atoms with Crippen molar-refractivity contribution in [1.82, 2.24) is 0 Å². The molecule has 2 N–H and O–H groups in total. The number of halogens is 1. The maximum Gasteiger partial charge on any atom is 0.300 e. The summed E-state index contributed by atoms with van der Waals surface area (Å²) in [6.45, 7) is 3.44. The summed E-state index contributed by atoms with van der Waals surface area (Å²) < 4.78 is 0.825. The Balaban J connectivity index is 1.90. The standard InChI is InChI=1S/C27H23BrN2O4/c1-3-17-7-9-18(10-8-17)24-23(25(32)19-11-13-20(28)14-12-19)26(33)27(34)30(24)22-6-4-5-21(15-22)29-16(2)31/h4-15,24,32H,3H2,1-2H3,(H,29,31)/b25-23+. The van der Waals surface area contributed by atoms with E-state index in [1.807, 2.05) is 31.2 Å². The molecule has 3 aromatic carbocycles. The largest absolute Gasteiger partial charge is 0.507 e. The van der Waals surface area contributed by atoms with Gasteiger partial charge in [0.15, 0.2) is 0 Å². The zero-order valence-electron chi connectivity index (χ0n) is 18.7. The Morgan fingerprint density at radius 1 is 1.03 bits per heavy atom. The Kier molecular flexibility index (Phi) is 6.65. The first-order chi connectivity index (χ1) is 16.3. The lowest BCUT2D eigenvalue weighted by molar-refractivity contribution is -0.132. The summed E-state index contributed by atoms with van der Waals surface area (Å²) in [7, 11) is 0. The summed E-state index contributed by atoms with van der Waals surface area (Å²) in [4.78, 5) is 39.4. The van der Waals surface area contributed by atoms with Crippen molar-refractivity contribution >= 4 is 50.7 Å². The van der Waals surface area contributed by atoms with Gasteiger partial charge in [-0.25, -0.2) is 0 Å². The Morgan fingerprint density at radius 2 is 1.71 bits per heavy atom. The van der Waals surface area contributed by atoms with Crippen LogP contribution in [-0.2, 0) is 20.8 Å². The minimum Gasteiger partial charge on any atom is -0.507 e. The number of hydrogen-bond acceptors (Lipinski definition) is 4. The van der Waals surface area contributed by atoms with E-state index in [0.29, 0.717) is 22.5 Å². The SMILES string of the molecule is CCc1ccc(C2/C(=C(\O)c3ccc(Br)cc3)C(=O)C(=O)N2c2cccc(NC(C)=O)c2)cc1. The van der Waals surface area contributed by atoms with Crippen LogP contribution in [0.4, 0.5) is 11.4 Å². The number of ketones is 1. The third kappa shape index (κ3) is 4.52. The van der Waals surface area contributed by atoms with Crippen molar-refractivity contribution in [2.75, 3.05) is 10.2 Å². The van der Waals surface area contributed by atoms with Crippen molar-refractivity contribution in [3.63, 3.8) is 0 Å². The summed E-state index contributed by atoms with van der Waals surface area (Å²) in [5.41, 5.74) is 3.19. The molecule has 1 atom stereocenters. The van der Waals surface area contributed by atoms with E-state index < -0.39 is 17.7 Å². The van der Waals surface area contributed by atoms with Crippen LogP contribution in [0, 0.1) is 0 Å². The van der Waals surface area contributed by atoms with Crippen molar-refractivity contribution in [2.45, 2.75) is 26.3 Å². The maximum atomic E-state index is 13.3. The number of rotatable bonds is 5. The Morgan fingerprint density at radius 3 is 2.32 bits per heavy atom. The lowest BCUT2D eigenvalue weighted by Crippen LogP contribution is -2.29. The molecular formula is C27H23BrN2O4. The number of nitrogens with zero attached hydrogens (tertiary/aromatic N) is 1. The predicted molar refractivity (Wildman–Crippen MR) is 135 cm³/mol. The Bertz CT molecular complexity index is 1300. The molecular weight excluding hydrogens is 496 g/mol. The number of anilines is 2. The van der Waals surface area contributed by atoms with Gasteiger partial charge < -0.3 is 10.4 Å². The van der Waals surface area contributed by atoms with Crippen molar-refractivity contribution in [3.8, 4) is 0 Å². The van der Waals surface area contributed by atoms with Gasteiger partial charge in [-0.15, -0.1) is 0 Å². The van der Waals surface area contributed by atoms with Crippen LogP contribution < -0.4 is 10.2 Å². The van der Waals surface area contributed by atoms with Crippen LogP contribution in [0.1, 0.15) is 36.6 Å². The van der Waals surface area contributed by atoms with E-state index in [2.05, 4.69) is 21.2 Å². The van der Waals surface area contributed by atoms with Crippen molar-refractivity contribution < 1.29 is 19.5 Å². The monoisotopic (exact) mass is 518 g/mol. The lowest BCUT2D eigenvalue weighted by Gasteiger charge is -2.26. The number of carbonyl (C=O) groups excluding carboxylic acids is 3. The molecule has 1 aliphatic heterocycles. The van der Waals surface area contributed by atoms with Crippen LogP contribution in [0.2, 0.25) is 0 Å². The van der Waals surface area contributed by atoms with Gasteiger partial charge in [0.25, 0.3) is 11.7 Å². The normalized spacial score (nSPS) is 17.1. The zero-order valence-corrected chi connectivity index (χ0v) is 20.3. The number of amides is 2. The van der Waals surface area contributed by atoms with Gasteiger partial charge in [0, 0.05) is 28.3 Å². The van der Waals surface area contributed by atoms with E-state index >= 15 is 0 Å². The highest BCUT2D eigenvalue weighted by atomic mass is 79.9. The van der Waals surface area contributed by atoms with Gasteiger partial charge in [0.2, 0.25) is 5.91 Å². The number of aryl methyl sites for hydroxylation is 1. The fourth-order valence-electron chi connectivity index (χ4n) is 4.05. The molecule has 34 heavy (non-hydrogen) atoms. The van der Waals surface area contributed by atoms with Crippen LogP contribution in [0.3, 0.4) is 0 Å². The summed E-state index contributed by atoms with van der Waals surface area (Å²) in [5, 5.41) is 13.9. The van der Waals surface area contributed by atoms with E-state index in [0.717, 1.165) is 16.5 Å². The molecule has 7 heteroatoms. The Labute approximate surface area is 206 Å². The molecule has 0 saturated carbocycles. The van der Waals surface area contributed by atoms with Gasteiger partial charge in [-0.3, -0.25) is 19.3 Å². The van der Waals surface area contributed by atoms with Crippen LogP contribution in [0.15, 0.2) is 82.8 Å². The fraction of sp³-hybridized carbons (Fsp3) is 0.148. The van der Waals surface area contributed by atoms with Gasteiger partial charge in [0.1, 0.15) is 5.76 Å². The molecule has 4 rings (SSSR count). The van der Waals surface area contributed by atoms with Crippen LogP contribution in [0.25, 0.3) is 5.76 Å². The van der Waals surface area contributed by atoms with Crippen LogP contribution in [0.5, 0.6) is 0 Å². The molecule has 0 spiro atoms. The topological polar surface area (TPSA) is 86.7 Å². The Hall–Kier alpha value is -3.71. The second-order valence-corrected chi connectivity index (χ2v) is 8.92. The summed E-state index contributed by atoms with van der Waals surface area (Å²) in [6.07, 6.45) is 0.845. The van der Waals surface area contributed by atoms with E-state index in [4.69, 9.17) is 0 Å². The molecule has 1 fully saturated rings. The van der Waals surface area contributed by atoms with Crippen LogP contribution >= 0.6 is 15.9 Å². The third-order valence-corrected chi connectivity index (χ3v) is 6.24. The summed E-state index contributed by atoms with van der Waals surface area (Å²) in [6, 6.07) is 20.4. The highest BCUT2D eigenvalue weighted by Crippen LogP contribution is 2.42. The van der Waals surface area contributed by atoms with Crippen molar-refractivity contribution in [3.05, 3.63) is 99.5 Å². The second kappa shape index (κ2) is 9.65. The van der Waals surface area contributed by atoms with Crippen LogP contribution in [-0.4, -0.2) is 22.7 Å². The van der Waals surface area contributed by atoms with E-state index in [-0.39, 0.29) is 17.2 Å². The maximum absolute atomic E-state index is 13.3. The molecule has 0 aromatic heterocycles. The predicted octanol–water partition coefficient (Wildman–Crippen LogP) is 5.60. The molecule has 0 radical (unpaired) electrons. The molecule has 2 amide bonds. The minimum absolute atomic E-state index is 0.0153. The van der Waals surface area contributed by atoms with Gasteiger partial charge in [-0.05, 0) is 47.9 Å². The van der Waals surface area contributed by atoms with E-state index in [1.54, 1.807) is 48.5 Å². The van der Waals surface area contributed by atoms with Crippen molar-refractivity contribution in [1.29, 1.82) is 0 Å². The number of hydrogen-bond donors (Lipinski definition) is 2. The molecule has 1 aliphatic rings. The van der Waals surface area contributed by atoms with Gasteiger partial charge >= 0.3 is 0 Å². The molecule has 0 aliphatic carbocycles. The first-order valence-electron chi connectivity index (χ1n) is 10.8. The summed E-state index contributed by atoms with van der Waals surface area (Å²) in [5.74, 6) is -2.00. The quantitative estimate of drug-likeness (QED) is 0.261. The smallest absolute Gasteiger partial charge is 0.300 e. The number of nitrogens with one attached hydrogen (secondary N) is 1. The van der Waals surface area contributed by atoms with Gasteiger partial charge in [-0.2, -0.15) is 0 Å². The van der Waals surface area contributed by atoms with Crippen molar-refractivity contribution in [2.24, 2.45) is 0 Å². The molecule has 6 nitrogen and oxygen atoms in total. The number of aliphatic hydroxyl groups excluding tert-OH is 1. The van der Waals surface area contributed by atoms with E-state index in [1.165, 1.54) is 11.8 Å². The second-order valence-electron chi connectivity index (χ2n) is 8.00. The number of aliphatic hydroxyl groups is 1. The highest BCUT2D eigenvalue weighted by Gasteiger charge is 2.47. The lowest BCUT2D eigenvalue weighted by atomic mass is 9.94. The first kappa shape index (κ1) is 23.4. The molecule has 0 bridgehead atoms. The number of Topliss-reactive ketones (excluding diaryl/α,β-unsaturated/α-hetero) is 1. The molecule has 1 heterocycles.